The topological polar surface area (TPSA) is 89.9 Å². The number of benzene rings is 2. The van der Waals surface area contributed by atoms with E-state index in [9.17, 15) is 19.5 Å². The van der Waals surface area contributed by atoms with Gasteiger partial charge in [0.25, 0.3) is 0 Å². The number of urea groups is 1. The molecule has 8 heteroatoms. The van der Waals surface area contributed by atoms with E-state index < -0.39 is 11.6 Å². The first-order valence-electron chi connectivity index (χ1n) is 10.7. The monoisotopic (exact) mass is 455 g/mol. The molecule has 0 spiro atoms. The molecule has 2 aromatic carbocycles. The molecule has 2 fully saturated rings. The lowest BCUT2D eigenvalue weighted by atomic mass is 9.88. The Bertz CT molecular complexity index is 1060. The summed E-state index contributed by atoms with van der Waals surface area (Å²) in [5.74, 6) is -0.299. The van der Waals surface area contributed by atoms with Gasteiger partial charge in [0.1, 0.15) is 0 Å². The Balaban J connectivity index is 1.64. The van der Waals surface area contributed by atoms with Crippen LogP contribution in [0.25, 0.3) is 11.1 Å². The molecule has 2 aliphatic heterocycles. The molecule has 168 valence electrons. The molecule has 2 heterocycles. The Hall–Kier alpha value is -2.90. The summed E-state index contributed by atoms with van der Waals surface area (Å²) in [7, 11) is 0. The number of hydrogen-bond donors (Lipinski definition) is 2. The molecule has 0 saturated carbocycles. The van der Waals surface area contributed by atoms with E-state index in [2.05, 4.69) is 5.32 Å². The highest BCUT2D eigenvalue weighted by atomic mass is 35.5. The average molecular weight is 456 g/mol. The maximum Gasteiger partial charge on any atom is 0.328 e. The first kappa shape index (κ1) is 22.3. The molecule has 4 amide bonds. The number of rotatable bonds is 4. The highest BCUT2D eigenvalue weighted by molar-refractivity contribution is 6.36. The fourth-order valence-electron chi connectivity index (χ4n) is 4.41. The van der Waals surface area contributed by atoms with Crippen molar-refractivity contribution in [2.45, 2.75) is 51.2 Å². The van der Waals surface area contributed by atoms with Gasteiger partial charge < -0.3 is 10.0 Å². The number of carbonyl (C=O) groups is 3. The van der Waals surface area contributed by atoms with Crippen molar-refractivity contribution in [1.29, 1.82) is 0 Å². The van der Waals surface area contributed by atoms with E-state index in [4.69, 9.17) is 11.6 Å². The zero-order chi connectivity index (χ0) is 23.0. The second-order valence-electron chi connectivity index (χ2n) is 8.77. The molecule has 2 N–H and O–H groups in total. The van der Waals surface area contributed by atoms with Crippen molar-refractivity contribution in [2.75, 3.05) is 16.3 Å². The molecule has 4 rings (SSSR count). The highest BCUT2D eigenvalue weighted by Crippen LogP contribution is 2.38. The third-order valence-electron chi connectivity index (χ3n) is 6.04. The van der Waals surface area contributed by atoms with Gasteiger partial charge in [-0.1, -0.05) is 35.9 Å². The molecule has 32 heavy (non-hydrogen) atoms. The molecular formula is C24H26ClN3O4. The smallest absolute Gasteiger partial charge is 0.328 e. The summed E-state index contributed by atoms with van der Waals surface area (Å²) in [5, 5.41) is 13.3. The predicted molar refractivity (Wildman–Crippen MR) is 124 cm³/mol. The third kappa shape index (κ3) is 4.23. The summed E-state index contributed by atoms with van der Waals surface area (Å²) in [5.41, 5.74) is 1.82. The van der Waals surface area contributed by atoms with Gasteiger partial charge in [0, 0.05) is 30.6 Å². The van der Waals surface area contributed by atoms with Gasteiger partial charge in [-0.3, -0.25) is 19.8 Å². The molecule has 1 unspecified atom stereocenters. The Kier molecular flexibility index (Phi) is 5.97. The van der Waals surface area contributed by atoms with Gasteiger partial charge in [0.15, 0.2) is 0 Å². The van der Waals surface area contributed by atoms with E-state index in [0.29, 0.717) is 17.1 Å². The van der Waals surface area contributed by atoms with Crippen molar-refractivity contribution in [2.24, 2.45) is 0 Å². The van der Waals surface area contributed by atoms with Crippen LogP contribution in [0.15, 0.2) is 42.5 Å². The maximum absolute atomic E-state index is 12.7. The average Bonchev–Trinajstić information content (AvgIpc) is 2.74. The minimum absolute atomic E-state index is 0.00168. The normalized spacial score (nSPS) is 19.9. The number of halogens is 1. The van der Waals surface area contributed by atoms with Crippen molar-refractivity contribution < 1.29 is 19.5 Å². The number of aliphatic hydroxyl groups is 1. The second-order valence-corrected chi connectivity index (χ2v) is 9.14. The number of nitrogens with one attached hydrogen (secondary N) is 1. The first-order valence-corrected chi connectivity index (χ1v) is 11.1. The van der Waals surface area contributed by atoms with Crippen molar-refractivity contribution in [3.05, 3.63) is 47.5 Å². The van der Waals surface area contributed by atoms with Crippen LogP contribution in [-0.4, -0.2) is 41.1 Å². The number of imide groups is 1. The largest absolute Gasteiger partial charge is 0.388 e. The van der Waals surface area contributed by atoms with Gasteiger partial charge in [-0.25, -0.2) is 4.79 Å². The van der Waals surface area contributed by atoms with E-state index in [-0.39, 0.29) is 30.8 Å². The van der Waals surface area contributed by atoms with Crippen LogP contribution in [0.4, 0.5) is 16.2 Å². The summed E-state index contributed by atoms with van der Waals surface area (Å²) >= 11 is 6.67. The number of hydrogen-bond acceptors (Lipinski definition) is 4. The Morgan fingerprint density at radius 3 is 2.44 bits per heavy atom. The van der Waals surface area contributed by atoms with E-state index in [0.717, 1.165) is 29.7 Å². The van der Waals surface area contributed by atoms with E-state index in [1.807, 2.05) is 36.4 Å². The number of anilines is 2. The molecule has 0 bridgehead atoms. The number of carbonyl (C=O) groups excluding carboxylic acids is 3. The van der Waals surface area contributed by atoms with Gasteiger partial charge in [0.2, 0.25) is 11.8 Å². The van der Waals surface area contributed by atoms with Crippen LogP contribution in [0.3, 0.4) is 0 Å². The summed E-state index contributed by atoms with van der Waals surface area (Å²) < 4.78 is 0. The van der Waals surface area contributed by atoms with Crippen LogP contribution in [0.2, 0.25) is 5.02 Å². The molecule has 7 nitrogen and oxygen atoms in total. The van der Waals surface area contributed by atoms with Crippen molar-refractivity contribution in [3.8, 4) is 11.1 Å². The zero-order valence-corrected chi connectivity index (χ0v) is 18.9. The summed E-state index contributed by atoms with van der Waals surface area (Å²) in [6.45, 7) is 3.72. The Labute approximate surface area is 192 Å². The minimum atomic E-state index is -1.01. The lowest BCUT2D eigenvalue weighted by molar-refractivity contribution is -0.122. The Morgan fingerprint density at radius 1 is 1.06 bits per heavy atom. The molecule has 0 aromatic heterocycles. The van der Waals surface area contributed by atoms with Crippen LogP contribution in [0, 0.1) is 0 Å². The van der Waals surface area contributed by atoms with Gasteiger partial charge in [-0.15, -0.1) is 0 Å². The molecule has 2 aliphatic rings. The number of piperidine rings is 1. The third-order valence-corrected chi connectivity index (χ3v) is 6.44. The fraction of sp³-hybridized carbons (Fsp3) is 0.375. The van der Waals surface area contributed by atoms with Gasteiger partial charge in [-0.2, -0.15) is 0 Å². The SMILES string of the molecule is CC(C)(O)C1CCCC(=O)N1c1ccc(-c2cccc(N3CCC(=O)NC3=O)c2Cl)cc1. The summed E-state index contributed by atoms with van der Waals surface area (Å²) in [4.78, 5) is 39.5. The maximum atomic E-state index is 12.7. The van der Waals surface area contributed by atoms with E-state index >= 15 is 0 Å². The minimum Gasteiger partial charge on any atom is -0.388 e. The lowest BCUT2D eigenvalue weighted by Gasteiger charge is -2.42. The zero-order valence-electron chi connectivity index (χ0n) is 18.1. The highest BCUT2D eigenvalue weighted by Gasteiger charge is 2.38. The number of nitrogens with zero attached hydrogens (tertiary/aromatic N) is 2. The van der Waals surface area contributed by atoms with Gasteiger partial charge in [0.05, 0.1) is 22.4 Å². The van der Waals surface area contributed by atoms with E-state index in [1.54, 1.807) is 24.8 Å². The van der Waals surface area contributed by atoms with Crippen LogP contribution < -0.4 is 15.1 Å². The summed E-state index contributed by atoms with van der Waals surface area (Å²) in [6, 6.07) is 12.1. The quantitative estimate of drug-likeness (QED) is 0.726. The Morgan fingerprint density at radius 2 is 1.78 bits per heavy atom. The van der Waals surface area contributed by atoms with Crippen molar-refractivity contribution in [3.63, 3.8) is 0 Å². The molecule has 1 atom stereocenters. The lowest BCUT2D eigenvalue weighted by Crippen LogP contribution is -2.54. The van der Waals surface area contributed by atoms with E-state index in [1.165, 1.54) is 4.90 Å². The van der Waals surface area contributed by atoms with Crippen LogP contribution in [-0.2, 0) is 9.59 Å². The molecule has 0 aliphatic carbocycles. The van der Waals surface area contributed by atoms with Gasteiger partial charge >= 0.3 is 6.03 Å². The van der Waals surface area contributed by atoms with Crippen LogP contribution in [0.1, 0.15) is 39.5 Å². The van der Waals surface area contributed by atoms with Crippen LogP contribution >= 0.6 is 11.6 Å². The first-order chi connectivity index (χ1) is 15.2. The van der Waals surface area contributed by atoms with Crippen molar-refractivity contribution in [1.82, 2.24) is 5.32 Å². The summed E-state index contributed by atoms with van der Waals surface area (Å²) in [6.07, 6.45) is 2.18. The molecule has 0 radical (unpaired) electrons. The van der Waals surface area contributed by atoms with Gasteiger partial charge in [-0.05, 0) is 50.5 Å². The molecule has 2 saturated heterocycles. The molecular weight excluding hydrogens is 430 g/mol. The standard InChI is InChI=1S/C24H26ClN3O4/c1-24(2,32)19-7-4-8-21(30)28(19)16-11-9-15(10-12-16)17-5-3-6-18(22(17)25)27-14-13-20(29)26-23(27)31/h3,5-6,9-12,19,32H,4,7-8,13-14H2,1-2H3,(H,26,29,31). The second kappa shape index (κ2) is 8.56. The molecule has 2 aromatic rings. The fourth-order valence-corrected chi connectivity index (χ4v) is 4.75. The van der Waals surface area contributed by atoms with Crippen LogP contribution in [0.5, 0.6) is 0 Å². The predicted octanol–water partition coefficient (Wildman–Crippen LogP) is 4.11. The van der Waals surface area contributed by atoms with Crippen molar-refractivity contribution >= 4 is 40.8 Å². The number of amides is 4.